The molecule has 1 saturated carbocycles. The number of rotatable bonds is 7. The molecule has 0 radical (unpaired) electrons. The number of aromatic nitrogens is 1. The molecule has 0 spiro atoms. The van der Waals surface area contributed by atoms with Gasteiger partial charge in [0.15, 0.2) is 0 Å². The average Bonchev–Trinajstić information content (AvgIpc) is 3.60. The van der Waals surface area contributed by atoms with E-state index in [1.165, 1.54) is 11.3 Å². The predicted molar refractivity (Wildman–Crippen MR) is 167 cm³/mol. The highest BCUT2D eigenvalue weighted by atomic mass is 32.1. The van der Waals surface area contributed by atoms with E-state index in [1.54, 1.807) is 28.1 Å². The summed E-state index contributed by atoms with van der Waals surface area (Å²) in [6, 6.07) is 18.2. The van der Waals surface area contributed by atoms with Crippen molar-refractivity contribution in [2.45, 2.75) is 32.2 Å². The fourth-order valence-corrected chi connectivity index (χ4v) is 6.76. The van der Waals surface area contributed by atoms with Crippen molar-refractivity contribution in [2.75, 3.05) is 23.3 Å². The Morgan fingerprint density at radius 2 is 1.93 bits per heavy atom. The van der Waals surface area contributed by atoms with E-state index >= 15 is 0 Å². The second-order valence-corrected chi connectivity index (χ2v) is 12.2. The molecule has 0 unspecified atom stereocenters. The molecule has 1 saturated heterocycles. The summed E-state index contributed by atoms with van der Waals surface area (Å²) in [6.07, 6.45) is 5.96. The number of urea groups is 1. The summed E-state index contributed by atoms with van der Waals surface area (Å²) < 4.78 is 5.97. The highest BCUT2D eigenvalue weighted by Crippen LogP contribution is 2.47. The molecule has 7 rings (SSSR count). The summed E-state index contributed by atoms with van der Waals surface area (Å²) >= 11 is 1.24. The summed E-state index contributed by atoms with van der Waals surface area (Å²) in [5.74, 6) is 1.06. The lowest BCUT2D eigenvalue weighted by atomic mass is 10.1. The van der Waals surface area contributed by atoms with Crippen LogP contribution >= 0.6 is 11.3 Å². The first-order chi connectivity index (χ1) is 21.4. The van der Waals surface area contributed by atoms with Gasteiger partial charge in [0.25, 0.3) is 11.8 Å². The molecule has 4 amide bonds. The number of amides is 4. The zero-order chi connectivity index (χ0) is 30.4. The Labute approximate surface area is 257 Å². The van der Waals surface area contributed by atoms with Crippen molar-refractivity contribution >= 4 is 56.5 Å². The van der Waals surface area contributed by atoms with Crippen molar-refractivity contribution in [1.82, 2.24) is 15.2 Å². The van der Waals surface area contributed by atoms with Gasteiger partial charge in [-0.15, -0.1) is 11.3 Å². The number of carbonyl (C=O) groups excluding carboxylic acids is 3. The molecule has 4 heterocycles. The first-order valence-corrected chi connectivity index (χ1v) is 15.3. The Morgan fingerprint density at radius 1 is 1.11 bits per heavy atom. The normalized spacial score (nSPS) is 17.8. The molecule has 3 aliphatic rings. The number of anilines is 3. The maximum absolute atomic E-state index is 13.8. The van der Waals surface area contributed by atoms with Crippen molar-refractivity contribution in [3.05, 3.63) is 82.9 Å². The molecule has 11 heteroatoms. The number of para-hydroxylation sites is 1. The van der Waals surface area contributed by atoms with Crippen molar-refractivity contribution in [1.29, 1.82) is 5.26 Å². The van der Waals surface area contributed by atoms with Crippen LogP contribution in [0.5, 0.6) is 11.5 Å². The molecule has 2 N–H and O–H groups in total. The van der Waals surface area contributed by atoms with E-state index in [0.29, 0.717) is 63.3 Å². The standard InChI is InChI=1S/C33H28N6O4S/c1-19-15-24(43-23-5-3-2-4-6-23)9-10-25(19)39-26-11-13-35-31-27(26)28(37-33(39)42)29(44-31)32(41)38-14-12-22(18-38)36-30(40)21(17-34)16-20-7-8-20/h2-6,9-11,13,15-16,20,22H,7-8,12,14,18H2,1H3,(H,36,40)(H,37,42)/b21-16+/t22-/m1/s1. The van der Waals surface area contributed by atoms with Crippen LogP contribution in [0.4, 0.5) is 21.9 Å². The van der Waals surface area contributed by atoms with Crippen LogP contribution in [0.3, 0.4) is 0 Å². The lowest BCUT2D eigenvalue weighted by Crippen LogP contribution is -2.39. The maximum Gasteiger partial charge on any atom is 0.331 e. The Balaban J connectivity index is 1.13. The molecule has 1 atom stereocenters. The second-order valence-electron chi connectivity index (χ2n) is 11.2. The first-order valence-electron chi connectivity index (χ1n) is 14.5. The van der Waals surface area contributed by atoms with Crippen molar-refractivity contribution < 1.29 is 19.1 Å². The Kier molecular flexibility index (Phi) is 6.98. The number of nitrogens with zero attached hydrogens (tertiary/aromatic N) is 4. The lowest BCUT2D eigenvalue weighted by Gasteiger charge is -2.30. The third-order valence-corrected chi connectivity index (χ3v) is 9.11. The summed E-state index contributed by atoms with van der Waals surface area (Å²) in [5, 5.41) is 16.0. The molecule has 2 fully saturated rings. The molecular formula is C33H28N6O4S. The van der Waals surface area contributed by atoms with Crippen LogP contribution in [-0.4, -0.2) is 46.9 Å². The zero-order valence-corrected chi connectivity index (χ0v) is 24.7. The molecule has 1 aliphatic carbocycles. The van der Waals surface area contributed by atoms with Crippen LogP contribution in [0.15, 0.2) is 72.4 Å². The number of nitriles is 1. The number of ether oxygens (including phenoxy) is 1. The number of benzene rings is 2. The summed E-state index contributed by atoms with van der Waals surface area (Å²) in [7, 11) is 0. The third-order valence-electron chi connectivity index (χ3n) is 8.03. The van der Waals surface area contributed by atoms with Gasteiger partial charge in [-0.25, -0.2) is 9.78 Å². The minimum atomic E-state index is -0.396. The number of nitrogens with one attached hydrogen (secondary N) is 2. The van der Waals surface area contributed by atoms with E-state index in [-0.39, 0.29) is 23.6 Å². The molecule has 4 aromatic rings. The van der Waals surface area contributed by atoms with E-state index < -0.39 is 5.91 Å². The number of pyridine rings is 1. The summed E-state index contributed by atoms with van der Waals surface area (Å²) in [4.78, 5) is 48.9. The van der Waals surface area contributed by atoms with Crippen molar-refractivity contribution in [3.8, 4) is 17.6 Å². The van der Waals surface area contributed by atoms with E-state index in [2.05, 4.69) is 15.6 Å². The number of aryl methyl sites for hydroxylation is 1. The molecule has 2 aromatic heterocycles. The predicted octanol–water partition coefficient (Wildman–Crippen LogP) is 6.27. The molecule has 10 nitrogen and oxygen atoms in total. The minimum absolute atomic E-state index is 0.130. The van der Waals surface area contributed by atoms with Crippen LogP contribution in [0.25, 0.3) is 10.2 Å². The van der Waals surface area contributed by atoms with Gasteiger partial charge < -0.3 is 20.3 Å². The fraction of sp³-hybridized carbons (Fsp3) is 0.242. The van der Waals surface area contributed by atoms with Gasteiger partial charge in [0.2, 0.25) is 0 Å². The molecule has 2 aromatic carbocycles. The highest BCUT2D eigenvalue weighted by Gasteiger charge is 2.36. The average molecular weight is 605 g/mol. The van der Waals surface area contributed by atoms with Crippen LogP contribution in [-0.2, 0) is 4.79 Å². The molecule has 0 bridgehead atoms. The lowest BCUT2D eigenvalue weighted by molar-refractivity contribution is -0.117. The number of allylic oxidation sites excluding steroid dienone is 1. The van der Waals surface area contributed by atoms with Gasteiger partial charge in [-0.1, -0.05) is 24.3 Å². The molecule has 44 heavy (non-hydrogen) atoms. The maximum atomic E-state index is 13.8. The quantitative estimate of drug-likeness (QED) is 0.189. The molecule has 220 valence electrons. The van der Waals surface area contributed by atoms with E-state index in [4.69, 9.17) is 4.74 Å². The SMILES string of the molecule is Cc1cc(Oc2ccccc2)ccc1N1C(=O)Nc2c(C(=O)N3CC[C@@H](NC(=O)/C(C#N)=C/C4CC4)C3)sc3nccc1c23. The van der Waals surface area contributed by atoms with Gasteiger partial charge in [0, 0.05) is 25.3 Å². The first kappa shape index (κ1) is 27.6. The monoisotopic (exact) mass is 604 g/mol. The van der Waals surface area contributed by atoms with E-state index in [1.807, 2.05) is 61.5 Å². The van der Waals surface area contributed by atoms with E-state index in [0.717, 1.165) is 24.2 Å². The summed E-state index contributed by atoms with van der Waals surface area (Å²) in [5.41, 5.74) is 2.75. The van der Waals surface area contributed by atoms with Gasteiger partial charge in [-0.05, 0) is 74.1 Å². The summed E-state index contributed by atoms with van der Waals surface area (Å²) in [6.45, 7) is 2.68. The third kappa shape index (κ3) is 5.14. The van der Waals surface area contributed by atoms with Gasteiger partial charge in [-0.2, -0.15) is 5.26 Å². The smallest absolute Gasteiger partial charge is 0.331 e. The van der Waals surface area contributed by atoms with Crippen molar-refractivity contribution in [3.63, 3.8) is 0 Å². The number of hydrogen-bond donors (Lipinski definition) is 2. The van der Waals surface area contributed by atoms with E-state index in [9.17, 15) is 19.6 Å². The molecular weight excluding hydrogens is 576 g/mol. The molecule has 2 aliphatic heterocycles. The number of hydrogen-bond acceptors (Lipinski definition) is 7. The Hall–Kier alpha value is -5.21. The van der Waals surface area contributed by atoms with Crippen LogP contribution < -0.4 is 20.3 Å². The topological polar surface area (TPSA) is 128 Å². The van der Waals surface area contributed by atoms with Gasteiger partial charge in [-0.3, -0.25) is 14.5 Å². The largest absolute Gasteiger partial charge is 0.457 e. The Bertz CT molecular complexity index is 1890. The van der Waals surface area contributed by atoms with Crippen LogP contribution in [0.1, 0.15) is 34.5 Å². The minimum Gasteiger partial charge on any atom is -0.457 e. The zero-order valence-electron chi connectivity index (χ0n) is 23.9. The number of thiophene rings is 1. The van der Waals surface area contributed by atoms with Crippen molar-refractivity contribution in [2.24, 2.45) is 5.92 Å². The van der Waals surface area contributed by atoms with Gasteiger partial charge in [0.1, 0.15) is 32.8 Å². The van der Waals surface area contributed by atoms with Gasteiger partial charge >= 0.3 is 6.03 Å². The van der Waals surface area contributed by atoms with Gasteiger partial charge in [0.05, 0.1) is 22.4 Å². The highest BCUT2D eigenvalue weighted by molar-refractivity contribution is 7.21. The fourth-order valence-electron chi connectivity index (χ4n) is 5.67. The van der Waals surface area contributed by atoms with Crippen LogP contribution in [0, 0.1) is 24.2 Å². The number of likely N-dealkylation sites (tertiary alicyclic amines) is 1. The Morgan fingerprint density at radius 3 is 2.68 bits per heavy atom. The van der Waals surface area contributed by atoms with Crippen LogP contribution in [0.2, 0.25) is 0 Å². The second kappa shape index (κ2) is 11.1. The number of carbonyl (C=O) groups is 3.